The lowest BCUT2D eigenvalue weighted by atomic mass is 10.1. The van der Waals surface area contributed by atoms with E-state index in [0.717, 1.165) is 22.7 Å². The quantitative estimate of drug-likeness (QED) is 0.598. The summed E-state index contributed by atoms with van der Waals surface area (Å²) in [5.41, 5.74) is 8.61. The van der Waals surface area contributed by atoms with Crippen molar-refractivity contribution in [3.63, 3.8) is 0 Å². The first kappa shape index (κ1) is 19.1. The van der Waals surface area contributed by atoms with E-state index in [9.17, 15) is 4.79 Å². The highest BCUT2D eigenvalue weighted by Crippen LogP contribution is 2.19. The highest BCUT2D eigenvalue weighted by atomic mass is 32.2. The number of anilines is 1. The summed E-state index contributed by atoms with van der Waals surface area (Å²) in [5, 5.41) is 7.96. The fraction of sp³-hybridized carbons (Fsp3) is 0.333. The number of nitrogens with one attached hydrogen (secondary N) is 1. The lowest BCUT2D eigenvalue weighted by Crippen LogP contribution is -2.17. The zero-order valence-corrected chi connectivity index (χ0v) is 16.3. The van der Waals surface area contributed by atoms with Gasteiger partial charge < -0.3 is 15.8 Å². The molecule has 1 amide bonds. The minimum absolute atomic E-state index is 0.122. The molecule has 0 fully saturated rings. The zero-order chi connectivity index (χ0) is 19.4. The monoisotopic (exact) mass is 386 g/mol. The molecule has 0 saturated heterocycles. The minimum atomic E-state index is -0.122. The van der Waals surface area contributed by atoms with Gasteiger partial charge in [0.1, 0.15) is 12.4 Å². The second-order valence-electron chi connectivity index (χ2n) is 5.96. The third-order valence-electron chi connectivity index (χ3n) is 4.07. The number of nitrogens with zero attached hydrogens (tertiary/aromatic N) is 4. The van der Waals surface area contributed by atoms with Crippen molar-refractivity contribution >= 4 is 29.1 Å². The van der Waals surface area contributed by atoms with Crippen LogP contribution in [0.5, 0.6) is 5.75 Å². The largest absolute Gasteiger partial charge is 0.492 e. The number of fused-ring (bicyclic) bond motifs is 1. The summed E-state index contributed by atoms with van der Waals surface area (Å²) in [6.45, 7) is 4.72. The number of ether oxygens (including phenoxy) is 1. The number of benzene rings is 1. The molecule has 1 aromatic carbocycles. The number of carbonyl (C=O) groups is 1. The average Bonchev–Trinajstić information content (AvgIpc) is 3.08. The van der Waals surface area contributed by atoms with E-state index in [0.29, 0.717) is 29.8 Å². The number of nitrogens with two attached hydrogens (primary N) is 1. The summed E-state index contributed by atoms with van der Waals surface area (Å²) < 4.78 is 7.12. The van der Waals surface area contributed by atoms with Gasteiger partial charge >= 0.3 is 0 Å². The fourth-order valence-corrected chi connectivity index (χ4v) is 3.05. The van der Waals surface area contributed by atoms with Crippen LogP contribution < -0.4 is 15.8 Å². The van der Waals surface area contributed by atoms with E-state index in [1.165, 1.54) is 11.8 Å². The number of amides is 1. The minimum Gasteiger partial charge on any atom is -0.492 e. The van der Waals surface area contributed by atoms with Crippen LogP contribution in [0.2, 0.25) is 0 Å². The predicted octanol–water partition coefficient (Wildman–Crippen LogP) is 1.98. The van der Waals surface area contributed by atoms with Crippen LogP contribution in [0.1, 0.15) is 17.0 Å². The Morgan fingerprint density at radius 2 is 2.00 bits per heavy atom. The van der Waals surface area contributed by atoms with E-state index < -0.39 is 0 Å². The second-order valence-corrected chi connectivity index (χ2v) is 6.73. The fourth-order valence-electron chi connectivity index (χ4n) is 2.71. The standard InChI is InChI=1S/C18H22N6O2S/c1-11-15(12(2)24-17(20-11)22-18(23-24)27-3)10-16(25)21-13-4-6-14(7-5-13)26-9-8-19/h4-7H,8-10,19H2,1-3H3,(H,21,25). The summed E-state index contributed by atoms with van der Waals surface area (Å²) in [5.74, 6) is 1.14. The Hall–Kier alpha value is -2.65. The number of rotatable bonds is 7. The molecule has 3 rings (SSSR count). The van der Waals surface area contributed by atoms with Crippen molar-refractivity contribution in [2.45, 2.75) is 25.4 Å². The van der Waals surface area contributed by atoms with E-state index in [1.54, 1.807) is 28.8 Å². The summed E-state index contributed by atoms with van der Waals surface area (Å²) in [6, 6.07) is 7.20. The molecular weight excluding hydrogens is 364 g/mol. The molecule has 0 unspecified atom stereocenters. The smallest absolute Gasteiger partial charge is 0.253 e. The Kier molecular flexibility index (Phi) is 5.92. The molecule has 3 aromatic rings. The van der Waals surface area contributed by atoms with Crippen LogP contribution in [0.3, 0.4) is 0 Å². The van der Waals surface area contributed by atoms with Gasteiger partial charge in [-0.25, -0.2) is 9.50 Å². The summed E-state index contributed by atoms with van der Waals surface area (Å²) >= 11 is 1.46. The maximum atomic E-state index is 12.5. The number of carbonyl (C=O) groups excluding carboxylic acids is 1. The molecule has 0 spiro atoms. The first-order valence-corrected chi connectivity index (χ1v) is 9.74. The van der Waals surface area contributed by atoms with E-state index in [-0.39, 0.29) is 12.3 Å². The van der Waals surface area contributed by atoms with Crippen LogP contribution in [0, 0.1) is 13.8 Å². The molecule has 142 valence electrons. The van der Waals surface area contributed by atoms with Crippen LogP contribution in [0.15, 0.2) is 29.4 Å². The van der Waals surface area contributed by atoms with Crippen LogP contribution in [0.25, 0.3) is 5.78 Å². The van der Waals surface area contributed by atoms with Gasteiger partial charge in [0.15, 0.2) is 0 Å². The molecule has 0 radical (unpaired) electrons. The maximum absolute atomic E-state index is 12.5. The van der Waals surface area contributed by atoms with Gasteiger partial charge in [-0.05, 0) is 44.4 Å². The molecule has 0 aliphatic carbocycles. The number of thioether (sulfide) groups is 1. The third kappa shape index (κ3) is 4.37. The predicted molar refractivity (Wildman–Crippen MR) is 105 cm³/mol. The Morgan fingerprint density at radius 1 is 1.26 bits per heavy atom. The maximum Gasteiger partial charge on any atom is 0.253 e. The highest BCUT2D eigenvalue weighted by molar-refractivity contribution is 7.98. The van der Waals surface area contributed by atoms with Gasteiger partial charge in [0.05, 0.1) is 6.42 Å². The number of hydrogen-bond acceptors (Lipinski definition) is 7. The Morgan fingerprint density at radius 3 is 2.67 bits per heavy atom. The lowest BCUT2D eigenvalue weighted by Gasteiger charge is -2.11. The van der Waals surface area contributed by atoms with E-state index in [4.69, 9.17) is 10.5 Å². The highest BCUT2D eigenvalue weighted by Gasteiger charge is 2.16. The average molecular weight is 386 g/mol. The van der Waals surface area contributed by atoms with E-state index in [2.05, 4.69) is 20.4 Å². The molecule has 8 nitrogen and oxygen atoms in total. The molecule has 0 saturated carbocycles. The molecule has 9 heteroatoms. The summed E-state index contributed by atoms with van der Waals surface area (Å²) in [6.07, 6.45) is 2.12. The van der Waals surface area contributed by atoms with Gasteiger partial charge in [-0.15, -0.1) is 5.10 Å². The van der Waals surface area contributed by atoms with E-state index >= 15 is 0 Å². The molecule has 0 aliphatic heterocycles. The van der Waals surface area contributed by atoms with Gasteiger partial charge in [0.25, 0.3) is 5.78 Å². The van der Waals surface area contributed by atoms with Crippen molar-refractivity contribution in [2.75, 3.05) is 24.7 Å². The van der Waals surface area contributed by atoms with Gasteiger partial charge in [-0.3, -0.25) is 4.79 Å². The first-order chi connectivity index (χ1) is 13.0. The molecule has 27 heavy (non-hydrogen) atoms. The number of hydrogen-bond donors (Lipinski definition) is 2. The SMILES string of the molecule is CSc1nc2nc(C)c(CC(=O)Nc3ccc(OCCN)cc3)c(C)n2n1. The van der Waals surface area contributed by atoms with Gasteiger partial charge in [0.2, 0.25) is 11.1 Å². The van der Waals surface area contributed by atoms with Crippen LogP contribution in [0.4, 0.5) is 5.69 Å². The molecule has 2 heterocycles. The molecule has 0 bridgehead atoms. The van der Waals surface area contributed by atoms with Crippen molar-refractivity contribution < 1.29 is 9.53 Å². The van der Waals surface area contributed by atoms with Crippen molar-refractivity contribution in [2.24, 2.45) is 5.73 Å². The summed E-state index contributed by atoms with van der Waals surface area (Å²) in [4.78, 5) is 21.3. The van der Waals surface area contributed by atoms with Crippen molar-refractivity contribution in [1.29, 1.82) is 0 Å². The zero-order valence-electron chi connectivity index (χ0n) is 15.5. The topological polar surface area (TPSA) is 107 Å². The molecule has 0 atom stereocenters. The molecular formula is C18H22N6O2S. The normalized spacial score (nSPS) is 11.0. The first-order valence-electron chi connectivity index (χ1n) is 8.51. The lowest BCUT2D eigenvalue weighted by molar-refractivity contribution is -0.115. The Balaban J connectivity index is 1.73. The van der Waals surface area contributed by atoms with Crippen molar-refractivity contribution in [1.82, 2.24) is 19.6 Å². The number of aryl methyl sites for hydroxylation is 2. The van der Waals surface area contributed by atoms with Crippen LogP contribution in [-0.4, -0.2) is 44.9 Å². The number of aromatic nitrogens is 4. The molecule has 0 aliphatic rings. The van der Waals surface area contributed by atoms with Crippen LogP contribution >= 0.6 is 11.8 Å². The van der Waals surface area contributed by atoms with Gasteiger partial charge in [-0.2, -0.15) is 4.98 Å². The van der Waals surface area contributed by atoms with Crippen molar-refractivity contribution in [3.05, 3.63) is 41.2 Å². The molecule has 3 N–H and O–H groups in total. The third-order valence-corrected chi connectivity index (χ3v) is 4.61. The molecule has 2 aromatic heterocycles. The van der Waals surface area contributed by atoms with Crippen molar-refractivity contribution in [3.8, 4) is 5.75 Å². The Labute approximate surface area is 161 Å². The van der Waals surface area contributed by atoms with Crippen LogP contribution in [-0.2, 0) is 11.2 Å². The summed E-state index contributed by atoms with van der Waals surface area (Å²) in [7, 11) is 0. The Bertz CT molecular complexity index is 955. The second kappa shape index (κ2) is 8.36. The van der Waals surface area contributed by atoms with E-state index in [1.807, 2.05) is 20.1 Å². The van der Waals surface area contributed by atoms with Gasteiger partial charge in [0, 0.05) is 29.2 Å². The van der Waals surface area contributed by atoms with Gasteiger partial charge in [-0.1, -0.05) is 11.8 Å².